The minimum absolute atomic E-state index is 0.105. The smallest absolute Gasteiger partial charge is 0.470 e. The number of phenols is 2. The molecular weight excluding hydrogens is 475 g/mol. The van der Waals surface area contributed by atoms with Gasteiger partial charge in [0.15, 0.2) is 0 Å². The predicted molar refractivity (Wildman–Crippen MR) is 146 cm³/mol. The Kier molecular flexibility index (Phi) is 7.99. The lowest BCUT2D eigenvalue weighted by molar-refractivity contribution is 0.153. The zero-order valence-corrected chi connectivity index (χ0v) is 24.8. The molecule has 0 radical (unpaired) electrons. The number of phosphoric ester groups is 1. The first kappa shape index (κ1) is 30.4. The summed E-state index contributed by atoms with van der Waals surface area (Å²) in [4.78, 5) is 19.9. The van der Waals surface area contributed by atoms with Gasteiger partial charge in [-0.25, -0.2) is 4.57 Å². The molecule has 0 unspecified atom stereocenters. The highest BCUT2D eigenvalue weighted by Gasteiger charge is 2.36. The van der Waals surface area contributed by atoms with Crippen LogP contribution < -0.4 is 0 Å². The van der Waals surface area contributed by atoms with E-state index in [0.29, 0.717) is 11.1 Å². The standard InChI is InChI=1S/C29H45O6P/c1-26(2,3)17-13-19(23(30)21(15-17)28(7,8)9)25(35-36(32,33)34)20-14-18(27(4,5)6)16-22(24(20)31)29(10,11)12/h13-16,25,30-31H,1-12H3,(H2,32,33,34). The summed E-state index contributed by atoms with van der Waals surface area (Å²) in [5.74, 6) is -0.210. The molecule has 0 bridgehead atoms. The first-order valence-electron chi connectivity index (χ1n) is 12.3. The molecule has 2 aromatic carbocycles. The highest BCUT2D eigenvalue weighted by molar-refractivity contribution is 7.46. The van der Waals surface area contributed by atoms with Crippen LogP contribution in [-0.2, 0) is 30.7 Å². The van der Waals surface area contributed by atoms with E-state index in [4.69, 9.17) is 4.52 Å². The summed E-state index contributed by atoms with van der Waals surface area (Å²) in [6, 6.07) is 7.31. The number of phenolic OH excluding ortho intramolecular Hbond substituents is 2. The number of benzene rings is 2. The van der Waals surface area contributed by atoms with Gasteiger partial charge in [0, 0.05) is 11.1 Å². The number of phosphoric acid groups is 1. The van der Waals surface area contributed by atoms with Crippen molar-refractivity contribution in [2.45, 2.75) is 111 Å². The van der Waals surface area contributed by atoms with Crippen molar-refractivity contribution in [3.8, 4) is 11.5 Å². The molecule has 0 aliphatic carbocycles. The summed E-state index contributed by atoms with van der Waals surface area (Å²) < 4.78 is 17.6. The van der Waals surface area contributed by atoms with Crippen molar-refractivity contribution in [2.24, 2.45) is 0 Å². The van der Waals surface area contributed by atoms with Crippen LogP contribution in [0, 0.1) is 0 Å². The lowest BCUT2D eigenvalue weighted by Crippen LogP contribution is -2.21. The molecule has 202 valence electrons. The zero-order valence-electron chi connectivity index (χ0n) is 23.9. The fourth-order valence-corrected chi connectivity index (χ4v) is 4.64. The van der Waals surface area contributed by atoms with Crippen molar-refractivity contribution in [2.75, 3.05) is 0 Å². The van der Waals surface area contributed by atoms with Crippen LogP contribution in [0.25, 0.3) is 0 Å². The van der Waals surface area contributed by atoms with Crippen LogP contribution in [0.2, 0.25) is 0 Å². The number of hydrogen-bond donors (Lipinski definition) is 4. The van der Waals surface area contributed by atoms with Crippen molar-refractivity contribution in [3.05, 3.63) is 57.6 Å². The molecule has 0 aliphatic heterocycles. The van der Waals surface area contributed by atoms with Gasteiger partial charge in [-0.2, -0.15) is 0 Å². The third kappa shape index (κ3) is 6.92. The second-order valence-corrected chi connectivity index (χ2v) is 15.1. The highest BCUT2D eigenvalue weighted by atomic mass is 31.2. The van der Waals surface area contributed by atoms with Crippen LogP contribution >= 0.6 is 7.82 Å². The average Bonchev–Trinajstić information content (AvgIpc) is 2.62. The van der Waals surface area contributed by atoms with Crippen LogP contribution in [-0.4, -0.2) is 20.0 Å². The first-order chi connectivity index (χ1) is 15.8. The third-order valence-corrected chi connectivity index (χ3v) is 6.92. The zero-order chi connectivity index (χ0) is 28.2. The van der Waals surface area contributed by atoms with Crippen molar-refractivity contribution in [1.82, 2.24) is 0 Å². The molecule has 0 fully saturated rings. The second-order valence-electron chi connectivity index (χ2n) is 13.9. The quantitative estimate of drug-likeness (QED) is 0.311. The molecular formula is C29H45O6P. The van der Waals surface area contributed by atoms with E-state index in [9.17, 15) is 24.6 Å². The number of hydrogen-bond acceptors (Lipinski definition) is 4. The molecule has 2 aromatic rings. The van der Waals surface area contributed by atoms with E-state index in [1.165, 1.54) is 0 Å². The molecule has 0 amide bonds. The molecule has 0 saturated heterocycles. The molecule has 7 heteroatoms. The predicted octanol–water partition coefficient (Wildman–Crippen LogP) is 7.49. The van der Waals surface area contributed by atoms with E-state index < -0.39 is 24.8 Å². The molecule has 0 atom stereocenters. The number of aromatic hydroxyl groups is 2. The van der Waals surface area contributed by atoms with Gasteiger partial charge in [-0.05, 0) is 56.0 Å². The molecule has 0 heterocycles. The van der Waals surface area contributed by atoms with Crippen LogP contribution in [0.1, 0.15) is 123 Å². The largest absolute Gasteiger partial charge is 0.507 e. The van der Waals surface area contributed by atoms with Crippen molar-refractivity contribution < 1.29 is 29.1 Å². The summed E-state index contributed by atoms with van der Waals surface area (Å²) in [6.45, 7) is 24.0. The van der Waals surface area contributed by atoms with E-state index in [1.807, 2.05) is 95.2 Å². The lowest BCUT2D eigenvalue weighted by Gasteiger charge is -2.32. The van der Waals surface area contributed by atoms with Crippen LogP contribution in [0.15, 0.2) is 24.3 Å². The van der Waals surface area contributed by atoms with E-state index >= 15 is 0 Å². The highest BCUT2D eigenvalue weighted by Crippen LogP contribution is 2.52. The van der Waals surface area contributed by atoms with Crippen molar-refractivity contribution in [3.63, 3.8) is 0 Å². The third-order valence-electron chi connectivity index (χ3n) is 6.43. The van der Waals surface area contributed by atoms with Gasteiger partial charge < -0.3 is 20.0 Å². The topological polar surface area (TPSA) is 107 Å². The maximum absolute atomic E-state index is 12.2. The average molecular weight is 521 g/mol. The maximum Gasteiger partial charge on any atom is 0.470 e. The molecule has 0 aliphatic rings. The van der Waals surface area contributed by atoms with Gasteiger partial charge in [0.2, 0.25) is 0 Å². The van der Waals surface area contributed by atoms with E-state index in [2.05, 4.69) is 0 Å². The Labute approximate surface area is 217 Å². The fourth-order valence-electron chi connectivity index (χ4n) is 4.14. The molecule has 36 heavy (non-hydrogen) atoms. The molecule has 4 N–H and O–H groups in total. The minimum Gasteiger partial charge on any atom is -0.507 e. The fraction of sp³-hybridized carbons (Fsp3) is 0.586. The molecule has 0 saturated carbocycles. The second kappa shape index (κ2) is 9.47. The Morgan fingerprint density at radius 3 is 1.14 bits per heavy atom. The van der Waals surface area contributed by atoms with E-state index in [0.717, 1.165) is 11.1 Å². The van der Waals surface area contributed by atoms with Crippen molar-refractivity contribution in [1.29, 1.82) is 0 Å². The Morgan fingerprint density at radius 2 is 0.917 bits per heavy atom. The number of rotatable bonds is 4. The Morgan fingerprint density at radius 1 is 0.611 bits per heavy atom. The monoisotopic (exact) mass is 520 g/mol. The van der Waals surface area contributed by atoms with Gasteiger partial charge in [0.1, 0.15) is 17.6 Å². The molecule has 2 rings (SSSR count). The molecule has 0 aromatic heterocycles. The van der Waals surface area contributed by atoms with Gasteiger partial charge in [0.25, 0.3) is 0 Å². The van der Waals surface area contributed by atoms with Crippen LogP contribution in [0.5, 0.6) is 11.5 Å². The van der Waals surface area contributed by atoms with Crippen LogP contribution in [0.3, 0.4) is 0 Å². The molecule has 6 nitrogen and oxygen atoms in total. The molecule has 0 spiro atoms. The van der Waals surface area contributed by atoms with Gasteiger partial charge in [-0.3, -0.25) is 4.52 Å². The Bertz CT molecular complexity index is 1080. The maximum atomic E-state index is 12.2. The van der Waals surface area contributed by atoms with Crippen LogP contribution in [0.4, 0.5) is 0 Å². The SMILES string of the molecule is CC(C)(C)c1cc(C(OP(=O)(O)O)c2cc(C(C)(C)C)cc(C(C)(C)C)c2O)c(O)c(C(C)(C)C)c1. The van der Waals surface area contributed by atoms with E-state index in [-0.39, 0.29) is 33.5 Å². The Balaban J connectivity index is 3.10. The van der Waals surface area contributed by atoms with Gasteiger partial charge in [-0.15, -0.1) is 0 Å². The summed E-state index contributed by atoms with van der Waals surface area (Å²) in [5, 5.41) is 23.0. The van der Waals surface area contributed by atoms with Gasteiger partial charge in [-0.1, -0.05) is 95.2 Å². The van der Waals surface area contributed by atoms with Crippen molar-refractivity contribution >= 4 is 7.82 Å². The lowest BCUT2D eigenvalue weighted by atomic mass is 9.76. The summed E-state index contributed by atoms with van der Waals surface area (Å²) in [5.41, 5.74) is 1.87. The summed E-state index contributed by atoms with van der Waals surface area (Å²) >= 11 is 0. The van der Waals surface area contributed by atoms with Gasteiger partial charge in [0.05, 0.1) is 0 Å². The normalized spacial score (nSPS) is 14.0. The summed E-state index contributed by atoms with van der Waals surface area (Å²) in [7, 11) is -5.04. The van der Waals surface area contributed by atoms with E-state index in [1.54, 1.807) is 12.1 Å². The Hall–Kier alpha value is -1.85. The summed E-state index contributed by atoms with van der Waals surface area (Å²) in [6.07, 6.45) is -1.40. The minimum atomic E-state index is -5.04. The first-order valence-corrected chi connectivity index (χ1v) is 13.9. The van der Waals surface area contributed by atoms with Gasteiger partial charge >= 0.3 is 7.82 Å².